The van der Waals surface area contributed by atoms with Gasteiger partial charge in [-0.3, -0.25) is 4.79 Å². The van der Waals surface area contributed by atoms with Crippen molar-refractivity contribution < 1.29 is 4.79 Å². The first-order valence-corrected chi connectivity index (χ1v) is 9.38. The molecule has 2 fully saturated rings. The van der Waals surface area contributed by atoms with E-state index in [1.807, 2.05) is 24.3 Å². The number of benzene rings is 1. The third-order valence-corrected chi connectivity index (χ3v) is 5.71. The van der Waals surface area contributed by atoms with Crippen molar-refractivity contribution in [3.05, 3.63) is 35.4 Å². The molecule has 1 aliphatic heterocycles. The second-order valence-electron chi connectivity index (χ2n) is 7.28. The summed E-state index contributed by atoms with van der Waals surface area (Å²) in [6.07, 6.45) is 11.9. The zero-order chi connectivity index (χ0) is 16.1. The highest BCUT2D eigenvalue weighted by Gasteiger charge is 2.29. The van der Waals surface area contributed by atoms with E-state index in [0.29, 0.717) is 12.6 Å². The van der Waals surface area contributed by atoms with Crippen LogP contribution in [0.15, 0.2) is 24.3 Å². The van der Waals surface area contributed by atoms with Crippen LogP contribution in [-0.4, -0.2) is 23.4 Å². The highest BCUT2D eigenvalue weighted by Crippen LogP contribution is 2.31. The SMILES string of the molecule is Cl.NCc1ccc(C(=O)N2CCCC2CCC2CCCCC2)cc1. The molecule has 4 heteroatoms. The van der Waals surface area contributed by atoms with Gasteiger partial charge in [0.25, 0.3) is 5.91 Å². The molecule has 0 bridgehead atoms. The van der Waals surface area contributed by atoms with Gasteiger partial charge in [-0.25, -0.2) is 0 Å². The maximum absolute atomic E-state index is 12.8. The van der Waals surface area contributed by atoms with E-state index in [1.165, 1.54) is 51.4 Å². The van der Waals surface area contributed by atoms with Gasteiger partial charge >= 0.3 is 0 Å². The van der Waals surface area contributed by atoms with E-state index < -0.39 is 0 Å². The number of hydrogen-bond donors (Lipinski definition) is 1. The van der Waals surface area contributed by atoms with Crippen LogP contribution in [0.5, 0.6) is 0 Å². The molecular weight excluding hydrogens is 320 g/mol. The molecule has 0 spiro atoms. The maximum Gasteiger partial charge on any atom is 0.254 e. The predicted molar refractivity (Wildman–Crippen MR) is 101 cm³/mol. The van der Waals surface area contributed by atoms with Crippen LogP contribution in [0.2, 0.25) is 0 Å². The van der Waals surface area contributed by atoms with Gasteiger partial charge in [0.05, 0.1) is 0 Å². The molecule has 1 atom stereocenters. The summed E-state index contributed by atoms with van der Waals surface area (Å²) in [5.74, 6) is 1.12. The Kier molecular flexibility index (Phi) is 7.57. The maximum atomic E-state index is 12.8. The molecule has 1 saturated heterocycles. The Labute approximate surface area is 152 Å². The van der Waals surface area contributed by atoms with E-state index in [0.717, 1.165) is 30.0 Å². The summed E-state index contributed by atoms with van der Waals surface area (Å²) in [4.78, 5) is 14.9. The topological polar surface area (TPSA) is 46.3 Å². The number of nitrogens with two attached hydrogens (primary N) is 1. The zero-order valence-corrected chi connectivity index (χ0v) is 15.4. The second kappa shape index (κ2) is 9.43. The van der Waals surface area contributed by atoms with E-state index in [4.69, 9.17) is 5.73 Å². The van der Waals surface area contributed by atoms with E-state index in [1.54, 1.807) is 0 Å². The van der Waals surface area contributed by atoms with Crippen LogP contribution in [0, 0.1) is 5.92 Å². The first kappa shape index (κ1) is 19.3. The van der Waals surface area contributed by atoms with Crippen molar-refractivity contribution in [1.82, 2.24) is 4.90 Å². The Balaban J connectivity index is 0.00000208. The summed E-state index contributed by atoms with van der Waals surface area (Å²) >= 11 is 0. The van der Waals surface area contributed by atoms with Crippen LogP contribution in [-0.2, 0) is 6.54 Å². The fraction of sp³-hybridized carbons (Fsp3) is 0.650. The summed E-state index contributed by atoms with van der Waals surface area (Å²) in [5.41, 5.74) is 7.53. The van der Waals surface area contributed by atoms with Crippen molar-refractivity contribution in [1.29, 1.82) is 0 Å². The first-order chi connectivity index (χ1) is 11.3. The lowest BCUT2D eigenvalue weighted by Crippen LogP contribution is -2.35. The molecule has 1 aliphatic carbocycles. The first-order valence-electron chi connectivity index (χ1n) is 9.38. The van der Waals surface area contributed by atoms with Crippen molar-refractivity contribution in [3.8, 4) is 0 Å². The number of hydrogen-bond acceptors (Lipinski definition) is 2. The lowest BCUT2D eigenvalue weighted by molar-refractivity contribution is 0.0723. The van der Waals surface area contributed by atoms with Crippen LogP contribution in [0.3, 0.4) is 0 Å². The van der Waals surface area contributed by atoms with Gasteiger partial charge in [-0.1, -0.05) is 44.2 Å². The Morgan fingerprint density at radius 1 is 1.00 bits per heavy atom. The van der Waals surface area contributed by atoms with Crippen LogP contribution >= 0.6 is 12.4 Å². The fourth-order valence-corrected chi connectivity index (χ4v) is 4.26. The molecule has 24 heavy (non-hydrogen) atoms. The lowest BCUT2D eigenvalue weighted by atomic mass is 9.85. The zero-order valence-electron chi connectivity index (χ0n) is 14.6. The van der Waals surface area contributed by atoms with Gasteiger partial charge in [-0.15, -0.1) is 12.4 Å². The average molecular weight is 351 g/mol. The number of carbonyl (C=O) groups is 1. The monoisotopic (exact) mass is 350 g/mol. The minimum Gasteiger partial charge on any atom is -0.336 e. The molecular formula is C20H31ClN2O. The Hall–Kier alpha value is -1.06. The molecule has 1 saturated carbocycles. The molecule has 134 valence electrons. The number of rotatable bonds is 5. The molecule has 1 unspecified atom stereocenters. The summed E-state index contributed by atoms with van der Waals surface area (Å²) in [5, 5.41) is 0. The van der Waals surface area contributed by atoms with Gasteiger partial charge in [0, 0.05) is 24.7 Å². The minimum absolute atomic E-state index is 0. The molecule has 1 aromatic rings. The largest absolute Gasteiger partial charge is 0.336 e. The van der Waals surface area contributed by atoms with E-state index in [2.05, 4.69) is 4.90 Å². The van der Waals surface area contributed by atoms with Crippen LogP contribution in [0.25, 0.3) is 0 Å². The van der Waals surface area contributed by atoms with Gasteiger partial charge in [0.1, 0.15) is 0 Å². The minimum atomic E-state index is 0. The molecule has 2 N–H and O–H groups in total. The molecule has 3 rings (SSSR count). The van der Waals surface area contributed by atoms with Crippen molar-refractivity contribution in [2.75, 3.05) is 6.54 Å². The number of likely N-dealkylation sites (tertiary alicyclic amines) is 1. The smallest absolute Gasteiger partial charge is 0.254 e. The molecule has 2 aliphatic rings. The molecule has 0 radical (unpaired) electrons. The molecule has 1 heterocycles. The number of nitrogens with zero attached hydrogens (tertiary/aromatic N) is 1. The highest BCUT2D eigenvalue weighted by molar-refractivity contribution is 5.94. The standard InChI is InChI=1S/C20H30N2O.ClH/c21-15-17-8-11-18(12-9-17)20(23)22-14-4-7-19(22)13-10-16-5-2-1-3-6-16;/h8-9,11-12,16,19H,1-7,10,13-15,21H2;1H. The molecule has 1 amide bonds. The average Bonchev–Trinajstić information content (AvgIpc) is 3.09. The van der Waals surface area contributed by atoms with Gasteiger partial charge < -0.3 is 10.6 Å². The second-order valence-corrected chi connectivity index (χ2v) is 7.28. The summed E-state index contributed by atoms with van der Waals surface area (Å²) in [6, 6.07) is 8.27. The lowest BCUT2D eigenvalue weighted by Gasteiger charge is -2.28. The van der Waals surface area contributed by atoms with Crippen molar-refractivity contribution in [2.45, 2.75) is 70.4 Å². The van der Waals surface area contributed by atoms with Crippen LogP contribution < -0.4 is 5.73 Å². The predicted octanol–water partition coefficient (Wildman–Crippen LogP) is 4.53. The highest BCUT2D eigenvalue weighted by atomic mass is 35.5. The molecule has 0 aromatic heterocycles. The van der Waals surface area contributed by atoms with Crippen molar-refractivity contribution >= 4 is 18.3 Å². The van der Waals surface area contributed by atoms with Gasteiger partial charge in [-0.2, -0.15) is 0 Å². The molecule has 3 nitrogen and oxygen atoms in total. The Bertz CT molecular complexity index is 511. The summed E-state index contributed by atoms with van der Waals surface area (Å²) in [7, 11) is 0. The van der Waals surface area contributed by atoms with E-state index in [-0.39, 0.29) is 18.3 Å². The van der Waals surface area contributed by atoms with Gasteiger partial charge in [0.15, 0.2) is 0 Å². The van der Waals surface area contributed by atoms with E-state index in [9.17, 15) is 4.79 Å². The normalized spacial score (nSPS) is 21.5. The Morgan fingerprint density at radius 2 is 1.71 bits per heavy atom. The third-order valence-electron chi connectivity index (χ3n) is 5.71. The van der Waals surface area contributed by atoms with Crippen LogP contribution in [0.4, 0.5) is 0 Å². The van der Waals surface area contributed by atoms with Crippen LogP contribution in [0.1, 0.15) is 73.7 Å². The summed E-state index contributed by atoms with van der Waals surface area (Å²) in [6.45, 7) is 1.45. The van der Waals surface area contributed by atoms with Gasteiger partial charge in [-0.05, 0) is 49.3 Å². The quantitative estimate of drug-likeness (QED) is 0.847. The number of amides is 1. The number of carbonyl (C=O) groups excluding carboxylic acids is 1. The summed E-state index contributed by atoms with van der Waals surface area (Å²) < 4.78 is 0. The van der Waals surface area contributed by atoms with E-state index >= 15 is 0 Å². The number of halogens is 1. The fourth-order valence-electron chi connectivity index (χ4n) is 4.26. The third kappa shape index (κ3) is 4.73. The van der Waals surface area contributed by atoms with Crippen molar-refractivity contribution in [3.63, 3.8) is 0 Å². The van der Waals surface area contributed by atoms with Gasteiger partial charge in [0.2, 0.25) is 0 Å². The molecule has 1 aromatic carbocycles. The Morgan fingerprint density at radius 3 is 2.38 bits per heavy atom. The van der Waals surface area contributed by atoms with Crippen molar-refractivity contribution in [2.24, 2.45) is 11.7 Å².